The first-order chi connectivity index (χ1) is 8.42. The predicted molar refractivity (Wildman–Crippen MR) is 77.9 cm³/mol. The van der Waals surface area contributed by atoms with E-state index in [0.29, 0.717) is 22.9 Å². The molecule has 18 heavy (non-hydrogen) atoms. The van der Waals surface area contributed by atoms with Crippen molar-refractivity contribution in [2.24, 2.45) is 5.73 Å². The molecule has 3 N–H and O–H groups in total. The van der Waals surface area contributed by atoms with Gasteiger partial charge < -0.3 is 5.73 Å². The maximum absolute atomic E-state index is 12.0. The van der Waals surface area contributed by atoms with Gasteiger partial charge in [0, 0.05) is 23.9 Å². The van der Waals surface area contributed by atoms with Gasteiger partial charge in [0.15, 0.2) is 0 Å². The molecule has 1 aromatic rings. The van der Waals surface area contributed by atoms with Gasteiger partial charge in [-0.3, -0.25) is 0 Å². The average molecular weight is 329 g/mol. The molecule has 0 aliphatic rings. The van der Waals surface area contributed by atoms with E-state index in [1.54, 1.807) is 17.8 Å². The van der Waals surface area contributed by atoms with Crippen LogP contribution in [0.3, 0.4) is 0 Å². The summed E-state index contributed by atoms with van der Waals surface area (Å²) in [5.41, 5.74) is 6.00. The number of rotatable bonds is 6. The van der Waals surface area contributed by atoms with Crippen LogP contribution in [0.4, 0.5) is 0 Å². The van der Waals surface area contributed by atoms with E-state index in [0.717, 1.165) is 0 Å². The number of halogens is 2. The maximum atomic E-state index is 12.0. The Hall–Kier alpha value is 0.0200. The van der Waals surface area contributed by atoms with Crippen molar-refractivity contribution >= 4 is 45.0 Å². The van der Waals surface area contributed by atoms with E-state index >= 15 is 0 Å². The van der Waals surface area contributed by atoms with Crippen molar-refractivity contribution in [3.63, 3.8) is 0 Å². The first-order valence-corrected chi connectivity index (χ1v) is 8.72. The van der Waals surface area contributed by atoms with Gasteiger partial charge in [0.25, 0.3) is 0 Å². The van der Waals surface area contributed by atoms with Crippen LogP contribution in [0.25, 0.3) is 0 Å². The lowest BCUT2D eigenvalue weighted by Crippen LogP contribution is -2.26. The van der Waals surface area contributed by atoms with Crippen molar-refractivity contribution in [1.82, 2.24) is 4.72 Å². The van der Waals surface area contributed by atoms with E-state index in [4.69, 9.17) is 28.9 Å². The maximum Gasteiger partial charge on any atom is 0.242 e. The van der Waals surface area contributed by atoms with Crippen LogP contribution < -0.4 is 10.5 Å². The Kier molecular flexibility index (Phi) is 6.23. The molecule has 8 heteroatoms. The molecule has 102 valence electrons. The summed E-state index contributed by atoms with van der Waals surface area (Å²) in [4.78, 5) is -0.0294. The lowest BCUT2D eigenvalue weighted by molar-refractivity contribution is 0.584. The molecule has 0 saturated carbocycles. The largest absolute Gasteiger partial charge is 0.326 e. The first kappa shape index (κ1) is 16.1. The third-order valence-corrected chi connectivity index (χ3v) is 5.06. The summed E-state index contributed by atoms with van der Waals surface area (Å²) < 4.78 is 26.6. The Morgan fingerprint density at radius 3 is 2.61 bits per heavy atom. The van der Waals surface area contributed by atoms with Gasteiger partial charge in [0.2, 0.25) is 10.0 Å². The number of hydrogen-bond donors (Lipinski definition) is 2. The molecule has 0 saturated heterocycles. The zero-order chi connectivity index (χ0) is 13.8. The van der Waals surface area contributed by atoms with Gasteiger partial charge in [-0.1, -0.05) is 23.2 Å². The molecule has 0 aromatic heterocycles. The second-order valence-electron chi connectivity index (χ2n) is 3.47. The van der Waals surface area contributed by atoms with Crippen LogP contribution in [0.2, 0.25) is 10.0 Å². The Balaban J connectivity index is 3.12. The molecule has 0 aliphatic carbocycles. The van der Waals surface area contributed by atoms with E-state index in [-0.39, 0.29) is 16.5 Å². The first-order valence-electron chi connectivity index (χ1n) is 5.09. The Morgan fingerprint density at radius 2 is 2.06 bits per heavy atom. The van der Waals surface area contributed by atoms with E-state index in [2.05, 4.69) is 4.72 Å². The van der Waals surface area contributed by atoms with Crippen LogP contribution in [0.15, 0.2) is 17.0 Å². The van der Waals surface area contributed by atoms with Crippen molar-refractivity contribution in [1.29, 1.82) is 0 Å². The summed E-state index contributed by atoms with van der Waals surface area (Å²) in [6, 6.07) is 2.88. The molecule has 1 rings (SSSR count). The monoisotopic (exact) mass is 328 g/mol. The van der Waals surface area contributed by atoms with Crippen molar-refractivity contribution in [3.8, 4) is 0 Å². The fourth-order valence-corrected chi connectivity index (χ4v) is 3.73. The van der Waals surface area contributed by atoms with Crippen LogP contribution in [0, 0.1) is 0 Å². The summed E-state index contributed by atoms with van der Waals surface area (Å²) >= 11 is 13.4. The quantitative estimate of drug-likeness (QED) is 0.784. The van der Waals surface area contributed by atoms with Gasteiger partial charge in [0.1, 0.15) is 4.90 Å². The predicted octanol–water partition coefficient (Wildman–Crippen LogP) is 2.09. The van der Waals surface area contributed by atoms with E-state index in [1.165, 1.54) is 6.07 Å². The van der Waals surface area contributed by atoms with Gasteiger partial charge in [0.05, 0.1) is 5.02 Å². The Labute approximate surface area is 121 Å². The molecule has 0 fully saturated rings. The zero-order valence-electron chi connectivity index (χ0n) is 9.74. The minimum absolute atomic E-state index is 0.0294. The van der Waals surface area contributed by atoms with Crippen molar-refractivity contribution in [2.45, 2.75) is 11.4 Å². The summed E-state index contributed by atoms with van der Waals surface area (Å²) in [6.07, 6.45) is 1.90. The number of nitrogens with two attached hydrogens (primary N) is 1. The van der Waals surface area contributed by atoms with Crippen molar-refractivity contribution < 1.29 is 8.42 Å². The molecule has 4 nitrogen and oxygen atoms in total. The van der Waals surface area contributed by atoms with Crippen molar-refractivity contribution in [2.75, 3.05) is 18.6 Å². The standard InChI is InChI=1S/C10H14Cl2N2O2S2/c1-17-3-2-14-18(15,16)9-5-8(11)4-7(6-13)10(9)12/h4-5,14H,2-3,6,13H2,1H3. The third kappa shape index (κ3) is 4.01. The molecule has 0 heterocycles. The van der Waals surface area contributed by atoms with Crippen LogP contribution in [-0.4, -0.2) is 27.0 Å². The number of hydrogen-bond acceptors (Lipinski definition) is 4. The van der Waals surface area contributed by atoms with E-state index in [1.807, 2.05) is 6.26 Å². The number of sulfonamides is 1. The average Bonchev–Trinajstić information content (AvgIpc) is 2.31. The minimum atomic E-state index is -3.65. The zero-order valence-corrected chi connectivity index (χ0v) is 12.9. The summed E-state index contributed by atoms with van der Waals surface area (Å²) in [5.74, 6) is 0.682. The minimum Gasteiger partial charge on any atom is -0.326 e. The van der Waals surface area contributed by atoms with E-state index < -0.39 is 10.0 Å². The highest BCUT2D eigenvalue weighted by molar-refractivity contribution is 7.98. The number of thioether (sulfide) groups is 1. The molecular weight excluding hydrogens is 315 g/mol. The number of benzene rings is 1. The second kappa shape index (κ2) is 6.98. The van der Waals surface area contributed by atoms with Crippen LogP contribution >= 0.6 is 35.0 Å². The highest BCUT2D eigenvalue weighted by Crippen LogP contribution is 2.29. The Bertz CT molecular complexity index is 521. The molecular formula is C10H14Cl2N2O2S2. The highest BCUT2D eigenvalue weighted by Gasteiger charge is 2.20. The van der Waals surface area contributed by atoms with Gasteiger partial charge in [-0.15, -0.1) is 0 Å². The van der Waals surface area contributed by atoms with Crippen LogP contribution in [0.1, 0.15) is 5.56 Å². The number of nitrogens with one attached hydrogen (secondary N) is 1. The normalized spacial score (nSPS) is 11.8. The van der Waals surface area contributed by atoms with Crippen molar-refractivity contribution in [3.05, 3.63) is 27.7 Å². The smallest absolute Gasteiger partial charge is 0.242 e. The fraction of sp³-hybridized carbons (Fsp3) is 0.400. The van der Waals surface area contributed by atoms with Gasteiger partial charge in [-0.2, -0.15) is 11.8 Å². The molecule has 0 atom stereocenters. The summed E-state index contributed by atoms with van der Waals surface area (Å²) in [5, 5.41) is 0.420. The second-order valence-corrected chi connectivity index (χ2v) is 7.01. The molecule has 0 unspecified atom stereocenters. The molecule has 0 spiro atoms. The molecule has 1 aromatic carbocycles. The summed E-state index contributed by atoms with van der Waals surface area (Å²) in [7, 11) is -3.65. The van der Waals surface area contributed by atoms with Gasteiger partial charge >= 0.3 is 0 Å². The van der Waals surface area contributed by atoms with Crippen LogP contribution in [0.5, 0.6) is 0 Å². The lowest BCUT2D eigenvalue weighted by Gasteiger charge is -2.11. The highest BCUT2D eigenvalue weighted by atomic mass is 35.5. The molecule has 0 aliphatic heterocycles. The SMILES string of the molecule is CSCCNS(=O)(=O)c1cc(Cl)cc(CN)c1Cl. The van der Waals surface area contributed by atoms with E-state index in [9.17, 15) is 8.42 Å². The van der Waals surface area contributed by atoms with Gasteiger partial charge in [-0.05, 0) is 24.0 Å². The van der Waals surface area contributed by atoms with Gasteiger partial charge in [-0.25, -0.2) is 13.1 Å². The lowest BCUT2D eigenvalue weighted by atomic mass is 10.2. The third-order valence-electron chi connectivity index (χ3n) is 2.19. The Morgan fingerprint density at radius 1 is 1.39 bits per heavy atom. The topological polar surface area (TPSA) is 72.2 Å². The summed E-state index contributed by atoms with van der Waals surface area (Å²) in [6.45, 7) is 0.469. The molecule has 0 amide bonds. The van der Waals surface area contributed by atoms with Crippen LogP contribution in [-0.2, 0) is 16.6 Å². The fourth-order valence-electron chi connectivity index (χ4n) is 1.32. The molecule has 0 radical (unpaired) electrons. The molecule has 0 bridgehead atoms.